The Labute approximate surface area is 504 Å². The van der Waals surface area contributed by atoms with Crippen LogP contribution in [0.5, 0.6) is 11.5 Å². The first-order chi connectivity index (χ1) is 40.4. The van der Waals surface area contributed by atoms with E-state index in [1.165, 1.54) is 75.8 Å². The fourth-order valence-corrected chi connectivity index (χ4v) is 13.3. The van der Waals surface area contributed by atoms with E-state index in [4.69, 9.17) is 42.1 Å². The van der Waals surface area contributed by atoms with Gasteiger partial charge in [-0.15, -0.1) is 0 Å². The molecule has 4 aliphatic rings. The summed E-state index contributed by atoms with van der Waals surface area (Å²) in [6.07, 6.45) is -3.39. The van der Waals surface area contributed by atoms with Crippen molar-refractivity contribution in [1.29, 1.82) is 0 Å². The number of halogens is 2. The van der Waals surface area contributed by atoms with E-state index in [2.05, 4.69) is 62.6 Å². The molecular weight excluding hydrogens is 1110 g/mol. The second-order valence-corrected chi connectivity index (χ2v) is 25.8. The van der Waals surface area contributed by atoms with Gasteiger partial charge in [-0.25, -0.2) is 0 Å². The summed E-state index contributed by atoms with van der Waals surface area (Å²) in [4.78, 5) is 0. The van der Waals surface area contributed by atoms with Gasteiger partial charge in [-0.2, -0.15) is 0 Å². The summed E-state index contributed by atoms with van der Waals surface area (Å²) < 4.78 is 26.1. The number of nitrogens with zero attached hydrogens (tertiary/aromatic N) is 2. The topological polar surface area (TPSA) is 199 Å². The zero-order chi connectivity index (χ0) is 59.1. The molecule has 4 fully saturated rings. The maximum Gasteiger partial charge on any atom is 0.119 e. The van der Waals surface area contributed by atoms with Gasteiger partial charge >= 0.3 is 0 Å². The summed E-state index contributed by atoms with van der Waals surface area (Å²) in [7, 11) is 4.85. The van der Waals surface area contributed by atoms with Crippen LogP contribution in [0.3, 0.4) is 0 Å². The molecule has 10 atom stereocenters. The fraction of sp³-hybridized carbons (Fsp3) is 0.471. The van der Waals surface area contributed by atoms with E-state index in [0.717, 1.165) is 78.8 Å². The first-order valence-electron chi connectivity index (χ1n) is 29.9. The molecular formula is C68H84Cl2N2O12+2. The van der Waals surface area contributed by atoms with Crippen molar-refractivity contribution in [2.75, 3.05) is 53.5 Å². The van der Waals surface area contributed by atoms with Gasteiger partial charge in [-0.3, -0.25) is 0 Å². The molecule has 84 heavy (non-hydrogen) atoms. The second-order valence-electron chi connectivity index (χ2n) is 25.0. The third-order valence-corrected chi connectivity index (χ3v) is 19.2. The van der Waals surface area contributed by atoms with Gasteiger partial charge in [-0.1, -0.05) is 120 Å². The van der Waals surface area contributed by atoms with Gasteiger partial charge in [0.25, 0.3) is 0 Å². The number of aliphatic hydroxyl groups excluding tert-OH is 8. The molecule has 0 unspecified atom stereocenters. The predicted octanol–water partition coefficient (Wildman–Crippen LogP) is 8.56. The maximum absolute atomic E-state index is 10.7. The summed E-state index contributed by atoms with van der Waals surface area (Å²) in [5, 5.41) is 82.8. The molecule has 6 aromatic rings. The highest BCUT2D eigenvalue weighted by molar-refractivity contribution is 6.31. The van der Waals surface area contributed by atoms with E-state index < -0.39 is 74.3 Å². The van der Waals surface area contributed by atoms with Gasteiger partial charge in [0.1, 0.15) is 98.8 Å². The SMILES string of the molecule is C[N+]1(Cc2ccc(COc3ccc(Cc4cc([C@@H]5O[C@H](CO)[C@@H](O)[C@H](O)[C@H]5O)ccc4Cl)cc3)cc2)CCC(CCC2CC[N+](C)(Cc3ccc(COc4ccc(Cc5cc([C@@H]6O[C@H](CO)[C@@H](O)[C@H](O)[C@H]6O)ccc5Cl)cc4)cc3)CC2)CC1. The van der Waals surface area contributed by atoms with Crippen LogP contribution in [0.15, 0.2) is 133 Å². The van der Waals surface area contributed by atoms with Crippen LogP contribution < -0.4 is 9.47 Å². The van der Waals surface area contributed by atoms with E-state index in [9.17, 15) is 40.9 Å². The summed E-state index contributed by atoms with van der Waals surface area (Å²) in [6, 6.07) is 44.2. The van der Waals surface area contributed by atoms with E-state index in [-0.39, 0.29) is 0 Å². The van der Waals surface area contributed by atoms with Crippen molar-refractivity contribution in [3.63, 3.8) is 0 Å². The molecule has 450 valence electrons. The smallest absolute Gasteiger partial charge is 0.119 e. The van der Waals surface area contributed by atoms with E-state index in [0.29, 0.717) is 47.2 Å². The average molecular weight is 1190 g/mol. The number of piperidine rings is 2. The van der Waals surface area contributed by atoms with Gasteiger partial charge in [0.15, 0.2) is 0 Å². The summed E-state index contributed by atoms with van der Waals surface area (Å²) in [6.45, 7) is 6.89. The lowest BCUT2D eigenvalue weighted by atomic mass is 9.84. The first kappa shape index (κ1) is 62.1. The van der Waals surface area contributed by atoms with Crippen molar-refractivity contribution in [1.82, 2.24) is 0 Å². The second kappa shape index (κ2) is 27.8. The first-order valence-corrected chi connectivity index (χ1v) is 30.6. The highest BCUT2D eigenvalue weighted by Gasteiger charge is 2.45. The van der Waals surface area contributed by atoms with Crippen molar-refractivity contribution >= 4 is 23.2 Å². The quantitative estimate of drug-likeness (QED) is 0.0320. The van der Waals surface area contributed by atoms with Gasteiger partial charge in [0, 0.05) is 21.2 Å². The lowest BCUT2D eigenvalue weighted by molar-refractivity contribution is -0.928. The molecule has 4 heterocycles. The standard InChI is InChI=1S/C68H84Cl2N2O12/c1-71(37-47-5-9-49(10-6-47)41-81-55-19-13-45(14-20-55)33-53-35-51(17-23-57(53)69)67-65(79)63(77)61(75)59(39-73)83-67)29-25-43(26-30-71)3-4-44-27-31-72(2,32-28-44)38-48-7-11-50(12-8-48)42-82-56-21-15-46(16-22-56)34-54-36-52(18-24-58(54)70)68-66(80)64(78)62(76)60(40-74)84-68/h5-24,35-36,43-44,59-68,73-80H,3-4,25-34,37-42H2,1-2H3/q+2/t43?,44?,59-,60-,61-,62-,63+,64+,65-,66-,67+,68+,71?,72?/m1/s1. The minimum absolute atomic E-state index is 0.466. The predicted molar refractivity (Wildman–Crippen MR) is 322 cm³/mol. The Morgan fingerprint density at radius 3 is 1.11 bits per heavy atom. The van der Waals surface area contributed by atoms with E-state index in [1.807, 2.05) is 60.7 Å². The molecule has 8 N–H and O–H groups in total. The van der Waals surface area contributed by atoms with Crippen molar-refractivity contribution in [3.8, 4) is 11.5 Å². The Hall–Kier alpha value is -4.98. The largest absolute Gasteiger partial charge is 0.489 e. The average Bonchev–Trinajstić information content (AvgIpc) is 3.70. The molecule has 16 heteroatoms. The third-order valence-electron chi connectivity index (χ3n) is 18.5. The zero-order valence-electron chi connectivity index (χ0n) is 48.2. The number of rotatable bonds is 21. The van der Waals surface area contributed by atoms with Crippen LogP contribution in [0.25, 0.3) is 0 Å². The molecule has 6 aromatic carbocycles. The van der Waals surface area contributed by atoms with Gasteiger partial charge < -0.3 is 68.8 Å². The summed E-state index contributed by atoms with van der Waals surface area (Å²) in [5.74, 6) is 3.16. The Bertz CT molecular complexity index is 2850. The number of ether oxygens (including phenoxy) is 4. The molecule has 0 aromatic heterocycles. The Kier molecular flexibility index (Phi) is 20.5. The summed E-state index contributed by atoms with van der Waals surface area (Å²) in [5.41, 5.74) is 9.81. The molecule has 0 amide bonds. The molecule has 0 radical (unpaired) electrons. The van der Waals surface area contributed by atoms with Crippen molar-refractivity contribution in [3.05, 3.63) is 199 Å². The maximum atomic E-state index is 10.7. The monoisotopic (exact) mass is 1190 g/mol. The number of quaternary nitrogens is 2. The third kappa shape index (κ3) is 15.4. The van der Waals surface area contributed by atoms with Crippen LogP contribution in [0.1, 0.15) is 106 Å². The summed E-state index contributed by atoms with van der Waals surface area (Å²) >= 11 is 13.2. The minimum Gasteiger partial charge on any atom is -0.489 e. The molecule has 4 saturated heterocycles. The van der Waals surface area contributed by atoms with Crippen LogP contribution in [0.4, 0.5) is 0 Å². The molecule has 0 saturated carbocycles. The normalized spacial score (nSPS) is 30.0. The highest BCUT2D eigenvalue weighted by Crippen LogP contribution is 2.38. The molecule has 10 rings (SSSR count). The van der Waals surface area contributed by atoms with Crippen LogP contribution in [-0.4, -0.2) is 152 Å². The minimum atomic E-state index is -1.45. The van der Waals surface area contributed by atoms with Crippen LogP contribution in [0, 0.1) is 11.8 Å². The van der Waals surface area contributed by atoms with Crippen molar-refractivity contribution in [2.45, 2.75) is 139 Å². The number of likely N-dealkylation sites (tertiary alicyclic amines) is 2. The molecule has 4 aliphatic heterocycles. The lowest BCUT2D eigenvalue weighted by Gasteiger charge is -2.42. The number of aliphatic hydroxyl groups is 8. The van der Waals surface area contributed by atoms with Crippen molar-refractivity contribution < 1.29 is 68.8 Å². The fourth-order valence-electron chi connectivity index (χ4n) is 13.0. The lowest BCUT2D eigenvalue weighted by Crippen LogP contribution is -2.55. The highest BCUT2D eigenvalue weighted by atomic mass is 35.5. The van der Waals surface area contributed by atoms with Crippen LogP contribution in [-0.2, 0) is 48.6 Å². The Morgan fingerprint density at radius 1 is 0.429 bits per heavy atom. The van der Waals surface area contributed by atoms with Gasteiger partial charge in [0.05, 0.1) is 53.5 Å². The Morgan fingerprint density at radius 2 is 0.762 bits per heavy atom. The number of hydrogen-bond acceptors (Lipinski definition) is 12. The number of benzene rings is 6. The van der Waals surface area contributed by atoms with Crippen molar-refractivity contribution in [2.24, 2.45) is 11.8 Å². The molecule has 0 spiro atoms. The van der Waals surface area contributed by atoms with Crippen LogP contribution in [0.2, 0.25) is 10.0 Å². The van der Waals surface area contributed by atoms with E-state index >= 15 is 0 Å². The Balaban J connectivity index is 0.603. The zero-order valence-corrected chi connectivity index (χ0v) is 49.7. The molecule has 0 aliphatic carbocycles. The van der Waals surface area contributed by atoms with E-state index in [1.54, 1.807) is 24.3 Å². The molecule has 14 nitrogen and oxygen atoms in total. The van der Waals surface area contributed by atoms with Crippen LogP contribution >= 0.6 is 23.2 Å². The number of hydrogen-bond donors (Lipinski definition) is 8. The van der Waals surface area contributed by atoms with Gasteiger partial charge in [0.2, 0.25) is 0 Å². The van der Waals surface area contributed by atoms with Gasteiger partial charge in [-0.05, 0) is 144 Å². The molecule has 0 bridgehead atoms.